The van der Waals surface area contributed by atoms with E-state index in [1.807, 2.05) is 42.6 Å². The summed E-state index contributed by atoms with van der Waals surface area (Å²) < 4.78 is 16.1. The highest BCUT2D eigenvalue weighted by molar-refractivity contribution is 7.13. The van der Waals surface area contributed by atoms with Crippen LogP contribution in [-0.2, 0) is 11.3 Å². The molecule has 0 unspecified atom stereocenters. The molecule has 134 valence electrons. The lowest BCUT2D eigenvalue weighted by Gasteiger charge is -2.09. The third-order valence-corrected chi connectivity index (χ3v) is 4.57. The highest BCUT2D eigenvalue weighted by Gasteiger charge is 2.14. The van der Waals surface area contributed by atoms with Crippen molar-refractivity contribution in [2.24, 2.45) is 0 Å². The van der Waals surface area contributed by atoms with E-state index in [1.165, 1.54) is 11.3 Å². The molecule has 0 aliphatic carbocycles. The molecule has 0 aliphatic heterocycles. The zero-order valence-electron chi connectivity index (χ0n) is 14.6. The number of hydrogen-bond acceptors (Lipinski definition) is 6. The highest BCUT2D eigenvalue weighted by Crippen LogP contribution is 2.27. The average molecular weight is 369 g/mol. The third-order valence-electron chi connectivity index (χ3n) is 3.63. The fraction of sp³-hybridized carbons (Fsp3) is 0.200. The Bertz CT molecular complexity index is 891. The second-order valence-corrected chi connectivity index (χ2v) is 6.24. The van der Waals surface area contributed by atoms with Crippen molar-refractivity contribution >= 4 is 17.3 Å². The minimum atomic E-state index is -0.426. The van der Waals surface area contributed by atoms with E-state index in [2.05, 4.69) is 4.98 Å². The first-order chi connectivity index (χ1) is 12.7. The molecule has 0 saturated carbocycles. The Morgan fingerprint density at radius 1 is 1.15 bits per heavy atom. The Kier molecular flexibility index (Phi) is 5.86. The van der Waals surface area contributed by atoms with Crippen LogP contribution in [0.3, 0.4) is 0 Å². The number of rotatable bonds is 7. The summed E-state index contributed by atoms with van der Waals surface area (Å²) in [6.45, 7) is 2.47. The number of benzene rings is 2. The summed E-state index contributed by atoms with van der Waals surface area (Å²) >= 11 is 1.50. The van der Waals surface area contributed by atoms with Gasteiger partial charge in [-0.15, -0.1) is 11.3 Å². The van der Waals surface area contributed by atoms with Crippen LogP contribution in [0.5, 0.6) is 11.5 Å². The number of hydrogen-bond donors (Lipinski definition) is 0. The monoisotopic (exact) mass is 369 g/mol. The second kappa shape index (κ2) is 8.49. The van der Waals surface area contributed by atoms with Crippen molar-refractivity contribution in [1.82, 2.24) is 4.98 Å². The number of thiazole rings is 1. The van der Waals surface area contributed by atoms with Crippen molar-refractivity contribution in [2.75, 3.05) is 13.7 Å². The van der Waals surface area contributed by atoms with Crippen molar-refractivity contribution < 1.29 is 19.0 Å². The Morgan fingerprint density at radius 3 is 2.81 bits per heavy atom. The fourth-order valence-corrected chi connectivity index (χ4v) is 3.20. The smallest absolute Gasteiger partial charge is 0.342 e. The van der Waals surface area contributed by atoms with Crippen LogP contribution in [0, 0.1) is 0 Å². The molecule has 0 N–H and O–H groups in total. The molecule has 3 aromatic rings. The van der Waals surface area contributed by atoms with E-state index in [1.54, 1.807) is 25.3 Å². The lowest BCUT2D eigenvalue weighted by Crippen LogP contribution is -2.08. The topological polar surface area (TPSA) is 57.7 Å². The number of ether oxygens (including phenoxy) is 3. The normalized spacial score (nSPS) is 10.4. The standard InChI is InChI=1S/C20H19NO4S/c1-3-24-18-10-5-4-9-17(18)20(22)25-12-15-13-26-19(21-15)14-7-6-8-16(11-14)23-2/h4-11,13H,3,12H2,1-2H3. The number of para-hydroxylation sites is 1. The first kappa shape index (κ1) is 17.9. The van der Waals surface area contributed by atoms with E-state index >= 15 is 0 Å². The predicted molar refractivity (Wildman–Crippen MR) is 101 cm³/mol. The quantitative estimate of drug-likeness (QED) is 0.571. The number of aromatic nitrogens is 1. The highest BCUT2D eigenvalue weighted by atomic mass is 32.1. The molecule has 0 atom stereocenters. The molecule has 0 radical (unpaired) electrons. The largest absolute Gasteiger partial charge is 0.497 e. The van der Waals surface area contributed by atoms with Crippen molar-refractivity contribution in [3.05, 3.63) is 65.2 Å². The van der Waals surface area contributed by atoms with Crippen molar-refractivity contribution in [3.8, 4) is 22.1 Å². The molecule has 2 aromatic carbocycles. The lowest BCUT2D eigenvalue weighted by atomic mass is 10.2. The Balaban J connectivity index is 1.67. The fourth-order valence-electron chi connectivity index (χ4n) is 2.40. The Morgan fingerprint density at radius 2 is 2.00 bits per heavy atom. The van der Waals surface area contributed by atoms with Gasteiger partial charge in [0, 0.05) is 10.9 Å². The SMILES string of the molecule is CCOc1ccccc1C(=O)OCc1csc(-c2cccc(OC)c2)n1. The maximum Gasteiger partial charge on any atom is 0.342 e. The first-order valence-corrected chi connectivity index (χ1v) is 9.07. The van der Waals surface area contributed by atoms with E-state index in [0.29, 0.717) is 23.6 Å². The number of esters is 1. The van der Waals surface area contributed by atoms with Gasteiger partial charge in [-0.2, -0.15) is 0 Å². The van der Waals surface area contributed by atoms with Gasteiger partial charge in [0.15, 0.2) is 0 Å². The number of methoxy groups -OCH3 is 1. The minimum absolute atomic E-state index is 0.111. The molecule has 5 nitrogen and oxygen atoms in total. The predicted octanol–water partition coefficient (Wildman–Crippen LogP) is 4.57. The van der Waals surface area contributed by atoms with Gasteiger partial charge in [-0.3, -0.25) is 0 Å². The molecule has 0 saturated heterocycles. The summed E-state index contributed by atoms with van der Waals surface area (Å²) in [4.78, 5) is 16.9. The van der Waals surface area contributed by atoms with E-state index in [9.17, 15) is 4.79 Å². The first-order valence-electron chi connectivity index (χ1n) is 8.19. The van der Waals surface area contributed by atoms with Crippen LogP contribution >= 0.6 is 11.3 Å². The maximum atomic E-state index is 12.3. The molecule has 0 aliphatic rings. The summed E-state index contributed by atoms with van der Waals surface area (Å²) in [5.74, 6) is 0.874. The van der Waals surface area contributed by atoms with Gasteiger partial charge in [-0.1, -0.05) is 24.3 Å². The Labute approximate surface area is 156 Å². The number of carbonyl (C=O) groups excluding carboxylic acids is 1. The van der Waals surface area contributed by atoms with Crippen LogP contribution in [0.1, 0.15) is 23.0 Å². The summed E-state index contributed by atoms with van der Waals surface area (Å²) in [5.41, 5.74) is 2.08. The van der Waals surface area contributed by atoms with Crippen LogP contribution in [0.25, 0.3) is 10.6 Å². The molecule has 1 aromatic heterocycles. The Hall–Kier alpha value is -2.86. The molecule has 0 fully saturated rings. The molecular weight excluding hydrogens is 350 g/mol. The molecule has 6 heteroatoms. The molecule has 3 rings (SSSR count). The van der Waals surface area contributed by atoms with Gasteiger partial charge in [0.05, 0.1) is 19.4 Å². The summed E-state index contributed by atoms with van der Waals surface area (Å²) in [5, 5.41) is 2.74. The molecule has 0 spiro atoms. The van der Waals surface area contributed by atoms with Gasteiger partial charge in [-0.25, -0.2) is 9.78 Å². The maximum absolute atomic E-state index is 12.3. The lowest BCUT2D eigenvalue weighted by molar-refractivity contribution is 0.0464. The van der Waals surface area contributed by atoms with Gasteiger partial charge < -0.3 is 14.2 Å². The van der Waals surface area contributed by atoms with Crippen LogP contribution in [0.4, 0.5) is 0 Å². The summed E-state index contributed by atoms with van der Waals surface area (Å²) in [7, 11) is 1.63. The molecule has 0 amide bonds. The number of carbonyl (C=O) groups is 1. The van der Waals surface area contributed by atoms with E-state index in [0.717, 1.165) is 16.3 Å². The average Bonchev–Trinajstić information content (AvgIpc) is 3.16. The van der Waals surface area contributed by atoms with Crippen molar-refractivity contribution in [1.29, 1.82) is 0 Å². The van der Waals surface area contributed by atoms with Crippen LogP contribution < -0.4 is 9.47 Å². The molecule has 26 heavy (non-hydrogen) atoms. The summed E-state index contributed by atoms with van der Waals surface area (Å²) in [6, 6.07) is 14.7. The van der Waals surface area contributed by atoms with Gasteiger partial charge in [-0.05, 0) is 31.2 Å². The zero-order chi connectivity index (χ0) is 18.4. The van der Waals surface area contributed by atoms with E-state index in [4.69, 9.17) is 14.2 Å². The van der Waals surface area contributed by atoms with Gasteiger partial charge in [0.25, 0.3) is 0 Å². The second-order valence-electron chi connectivity index (χ2n) is 5.38. The van der Waals surface area contributed by atoms with E-state index in [-0.39, 0.29) is 6.61 Å². The zero-order valence-corrected chi connectivity index (χ0v) is 15.4. The third kappa shape index (κ3) is 4.21. The minimum Gasteiger partial charge on any atom is -0.497 e. The van der Waals surface area contributed by atoms with Crippen LogP contribution in [-0.4, -0.2) is 24.7 Å². The van der Waals surface area contributed by atoms with Crippen molar-refractivity contribution in [3.63, 3.8) is 0 Å². The van der Waals surface area contributed by atoms with Gasteiger partial charge in [0.2, 0.25) is 0 Å². The van der Waals surface area contributed by atoms with E-state index < -0.39 is 5.97 Å². The summed E-state index contributed by atoms with van der Waals surface area (Å²) in [6.07, 6.45) is 0. The van der Waals surface area contributed by atoms with Gasteiger partial charge >= 0.3 is 5.97 Å². The van der Waals surface area contributed by atoms with Crippen LogP contribution in [0.2, 0.25) is 0 Å². The molecular formula is C20H19NO4S. The number of nitrogens with zero attached hydrogens (tertiary/aromatic N) is 1. The molecule has 0 bridgehead atoms. The van der Waals surface area contributed by atoms with Gasteiger partial charge in [0.1, 0.15) is 28.7 Å². The molecule has 1 heterocycles. The van der Waals surface area contributed by atoms with Crippen molar-refractivity contribution in [2.45, 2.75) is 13.5 Å². The van der Waals surface area contributed by atoms with Crippen LogP contribution in [0.15, 0.2) is 53.9 Å².